The predicted molar refractivity (Wildman–Crippen MR) is 82.9 cm³/mol. The lowest BCUT2D eigenvalue weighted by atomic mass is 10.4. The molecular weight excluding hydrogens is 292 g/mol. The summed E-state index contributed by atoms with van der Waals surface area (Å²) in [6.07, 6.45) is 0.00946. The van der Waals surface area contributed by atoms with Gasteiger partial charge in [0.2, 0.25) is 0 Å². The van der Waals surface area contributed by atoms with Gasteiger partial charge in [-0.15, -0.1) is 0 Å². The van der Waals surface area contributed by atoms with E-state index >= 15 is 0 Å². The van der Waals surface area contributed by atoms with E-state index in [2.05, 4.69) is 9.47 Å². The van der Waals surface area contributed by atoms with Crippen molar-refractivity contribution in [3.63, 3.8) is 0 Å². The molecule has 1 N–H and O–H groups in total. The van der Waals surface area contributed by atoms with Crippen LogP contribution in [0.5, 0.6) is 0 Å². The van der Waals surface area contributed by atoms with Gasteiger partial charge in [-0.2, -0.15) is 0 Å². The number of aliphatic hydroxyl groups is 1. The van der Waals surface area contributed by atoms with Crippen LogP contribution in [0.25, 0.3) is 0 Å². The number of esters is 1. The number of hydrogen-bond donors (Lipinski definition) is 1. The second kappa shape index (κ2) is 16.6. The number of carbonyl (C=O) groups excluding carboxylic acids is 1. The first kappa shape index (κ1) is 23.5. The molecule has 0 aliphatic rings. The molecule has 7 heteroatoms. The minimum atomic E-state index is -0.262. The van der Waals surface area contributed by atoms with Gasteiger partial charge < -0.3 is 28.8 Å². The zero-order chi connectivity index (χ0) is 17.4. The fraction of sp³-hybridized carbons (Fsp3) is 0.933. The second-order valence-electron chi connectivity index (χ2n) is 4.85. The minimum Gasteiger partial charge on any atom is -0.463 e. The van der Waals surface area contributed by atoms with Crippen molar-refractivity contribution in [2.24, 2.45) is 0 Å². The summed E-state index contributed by atoms with van der Waals surface area (Å²) in [5, 5.41) is 8.72. The topological polar surface area (TPSA) is 83.5 Å². The summed E-state index contributed by atoms with van der Waals surface area (Å²) in [4.78, 5) is 10.0. The van der Waals surface area contributed by atoms with Crippen LogP contribution in [0.1, 0.15) is 27.7 Å². The average molecular weight is 324 g/mol. The number of hydrogen-bond acceptors (Lipinski definition) is 7. The van der Waals surface area contributed by atoms with E-state index < -0.39 is 0 Å². The fourth-order valence-corrected chi connectivity index (χ4v) is 1.04. The monoisotopic (exact) mass is 324 g/mol. The normalized spacial score (nSPS) is 14.5. The Balaban J connectivity index is 0. The van der Waals surface area contributed by atoms with Crippen LogP contribution in [0.3, 0.4) is 0 Å². The molecule has 0 aliphatic heterocycles. The van der Waals surface area contributed by atoms with Crippen molar-refractivity contribution in [2.45, 2.75) is 46.0 Å². The molecule has 0 radical (unpaired) electrons. The van der Waals surface area contributed by atoms with Crippen molar-refractivity contribution < 1.29 is 33.6 Å². The molecule has 0 saturated heterocycles. The highest BCUT2D eigenvalue weighted by Crippen LogP contribution is 1.98. The lowest BCUT2D eigenvalue weighted by molar-refractivity contribution is -0.142. The van der Waals surface area contributed by atoms with Gasteiger partial charge in [-0.05, 0) is 20.8 Å². The zero-order valence-electron chi connectivity index (χ0n) is 14.7. The largest absolute Gasteiger partial charge is 0.463 e. The van der Waals surface area contributed by atoms with Gasteiger partial charge in [0.1, 0.15) is 6.61 Å². The molecule has 3 atom stereocenters. The van der Waals surface area contributed by atoms with Crippen molar-refractivity contribution in [1.82, 2.24) is 0 Å². The Kier molecular flexibility index (Phi) is 17.8. The first-order chi connectivity index (χ1) is 10.4. The molecule has 0 saturated carbocycles. The van der Waals surface area contributed by atoms with Crippen LogP contribution >= 0.6 is 0 Å². The van der Waals surface area contributed by atoms with E-state index in [0.29, 0.717) is 26.4 Å². The molecule has 0 rings (SSSR count). The number of aliphatic hydroxyl groups excluding tert-OH is 1. The summed E-state index contributed by atoms with van der Waals surface area (Å²) in [5.41, 5.74) is 0. The standard InChI is InChI=1S/C10H22O4.C5H10O3/c1-8(5-11)13-7-10(3)14-6-9(2)12-4;1-5(6)8-4-3-7-2/h8-11H,5-7H2,1-4H3;3-4H2,1-2H3. The van der Waals surface area contributed by atoms with E-state index in [4.69, 9.17) is 19.3 Å². The summed E-state index contributed by atoms with van der Waals surface area (Å²) < 4.78 is 24.9. The molecule has 0 amide bonds. The summed E-state index contributed by atoms with van der Waals surface area (Å²) in [7, 11) is 3.21. The Labute approximate surface area is 133 Å². The molecule has 0 aliphatic carbocycles. The highest BCUT2D eigenvalue weighted by molar-refractivity contribution is 5.65. The van der Waals surface area contributed by atoms with Crippen molar-refractivity contribution in [1.29, 1.82) is 0 Å². The van der Waals surface area contributed by atoms with Crippen LogP contribution in [0.4, 0.5) is 0 Å². The van der Waals surface area contributed by atoms with Gasteiger partial charge in [0.05, 0.1) is 44.7 Å². The highest BCUT2D eigenvalue weighted by Gasteiger charge is 2.08. The molecular formula is C15H32O7. The average Bonchev–Trinajstić information content (AvgIpc) is 2.50. The van der Waals surface area contributed by atoms with Crippen LogP contribution in [-0.2, 0) is 28.5 Å². The third-order valence-corrected chi connectivity index (χ3v) is 2.48. The van der Waals surface area contributed by atoms with Crippen LogP contribution in [0, 0.1) is 0 Å². The third-order valence-electron chi connectivity index (χ3n) is 2.48. The van der Waals surface area contributed by atoms with E-state index in [1.54, 1.807) is 14.2 Å². The molecule has 134 valence electrons. The van der Waals surface area contributed by atoms with Crippen LogP contribution < -0.4 is 0 Å². The maximum absolute atomic E-state index is 10.0. The molecule has 22 heavy (non-hydrogen) atoms. The molecule has 0 aromatic carbocycles. The van der Waals surface area contributed by atoms with Crippen LogP contribution in [-0.4, -0.2) is 76.6 Å². The molecule has 0 fully saturated rings. The summed E-state index contributed by atoms with van der Waals surface area (Å²) >= 11 is 0. The van der Waals surface area contributed by atoms with E-state index in [-0.39, 0.29) is 30.9 Å². The lowest BCUT2D eigenvalue weighted by Crippen LogP contribution is -2.25. The Hall–Kier alpha value is -0.730. The van der Waals surface area contributed by atoms with Crippen molar-refractivity contribution in [3.05, 3.63) is 0 Å². The molecule has 0 aromatic heterocycles. The predicted octanol–water partition coefficient (Wildman–Crippen LogP) is 1.02. The quantitative estimate of drug-likeness (QED) is 0.449. The van der Waals surface area contributed by atoms with Gasteiger partial charge in [-0.3, -0.25) is 4.79 Å². The van der Waals surface area contributed by atoms with Gasteiger partial charge in [0.15, 0.2) is 0 Å². The van der Waals surface area contributed by atoms with Crippen molar-refractivity contribution in [2.75, 3.05) is 47.3 Å². The molecule has 0 bridgehead atoms. The smallest absolute Gasteiger partial charge is 0.302 e. The number of methoxy groups -OCH3 is 2. The first-order valence-corrected chi connectivity index (χ1v) is 7.36. The maximum atomic E-state index is 10.0. The summed E-state index contributed by atoms with van der Waals surface area (Å²) in [6.45, 7) is 9.01. The van der Waals surface area contributed by atoms with Crippen LogP contribution in [0.15, 0.2) is 0 Å². The summed E-state index contributed by atoms with van der Waals surface area (Å²) in [5.74, 6) is -0.262. The first-order valence-electron chi connectivity index (χ1n) is 7.36. The zero-order valence-corrected chi connectivity index (χ0v) is 14.7. The molecule has 7 nitrogen and oxygen atoms in total. The van der Waals surface area contributed by atoms with Gasteiger partial charge in [0.25, 0.3) is 0 Å². The van der Waals surface area contributed by atoms with E-state index in [9.17, 15) is 4.79 Å². The minimum absolute atomic E-state index is 0.0293. The van der Waals surface area contributed by atoms with Gasteiger partial charge in [-0.25, -0.2) is 0 Å². The van der Waals surface area contributed by atoms with E-state index in [1.807, 2.05) is 20.8 Å². The Morgan fingerprint density at radius 3 is 1.95 bits per heavy atom. The third kappa shape index (κ3) is 19.3. The van der Waals surface area contributed by atoms with E-state index in [0.717, 1.165) is 0 Å². The van der Waals surface area contributed by atoms with Gasteiger partial charge >= 0.3 is 5.97 Å². The second-order valence-corrected chi connectivity index (χ2v) is 4.85. The van der Waals surface area contributed by atoms with Crippen molar-refractivity contribution >= 4 is 5.97 Å². The van der Waals surface area contributed by atoms with E-state index in [1.165, 1.54) is 6.92 Å². The molecule has 0 heterocycles. The van der Waals surface area contributed by atoms with Crippen LogP contribution in [0.2, 0.25) is 0 Å². The Morgan fingerprint density at radius 2 is 1.50 bits per heavy atom. The van der Waals surface area contributed by atoms with Gasteiger partial charge in [0, 0.05) is 21.1 Å². The number of ether oxygens (including phenoxy) is 5. The lowest BCUT2D eigenvalue weighted by Gasteiger charge is -2.18. The highest BCUT2D eigenvalue weighted by atomic mass is 16.6. The number of carbonyl (C=O) groups is 1. The Bertz CT molecular complexity index is 234. The molecule has 0 spiro atoms. The van der Waals surface area contributed by atoms with Gasteiger partial charge in [-0.1, -0.05) is 0 Å². The molecule has 0 aromatic rings. The summed E-state index contributed by atoms with van der Waals surface area (Å²) in [6, 6.07) is 0. The maximum Gasteiger partial charge on any atom is 0.302 e. The fourth-order valence-electron chi connectivity index (χ4n) is 1.04. The molecule has 3 unspecified atom stereocenters. The Morgan fingerprint density at radius 1 is 0.955 bits per heavy atom. The number of rotatable bonds is 11. The van der Waals surface area contributed by atoms with Crippen molar-refractivity contribution in [3.8, 4) is 0 Å². The SMILES string of the molecule is COC(C)COC(C)COC(C)CO.COCCOC(C)=O.